The van der Waals surface area contributed by atoms with Crippen molar-refractivity contribution in [3.05, 3.63) is 35.4 Å². The van der Waals surface area contributed by atoms with Gasteiger partial charge in [0.25, 0.3) is 0 Å². The highest BCUT2D eigenvalue weighted by Gasteiger charge is 2.30. The molecule has 0 atom stereocenters. The molecule has 0 radical (unpaired) electrons. The van der Waals surface area contributed by atoms with Crippen molar-refractivity contribution in [2.75, 3.05) is 0 Å². The first kappa shape index (κ1) is 27.3. The number of hydrogen-bond acceptors (Lipinski definition) is 0. The molecule has 1 aromatic rings. The van der Waals surface area contributed by atoms with Crippen LogP contribution in [0.2, 0.25) is 0 Å². The van der Waals surface area contributed by atoms with E-state index in [0.717, 1.165) is 35.5 Å². The quantitative estimate of drug-likeness (QED) is 0.262. The molecule has 0 aromatic heterocycles. The molecule has 3 aliphatic rings. The van der Waals surface area contributed by atoms with Crippen molar-refractivity contribution in [1.82, 2.24) is 0 Å². The van der Waals surface area contributed by atoms with Gasteiger partial charge in [-0.2, -0.15) is 0 Å². The van der Waals surface area contributed by atoms with Crippen LogP contribution < -0.4 is 0 Å². The maximum atomic E-state index is 2.49. The average molecular weight is 479 g/mol. The average Bonchev–Trinajstić information content (AvgIpc) is 2.92. The minimum Gasteiger partial charge on any atom is -0.0654 e. The molecule has 198 valence electrons. The Bertz CT molecular complexity index is 662. The van der Waals surface area contributed by atoms with Crippen LogP contribution in [-0.4, -0.2) is 0 Å². The fourth-order valence-electron chi connectivity index (χ4n) is 8.18. The summed E-state index contributed by atoms with van der Waals surface area (Å²) in [7, 11) is 0. The Morgan fingerprint density at radius 2 is 1.00 bits per heavy atom. The molecular formula is C35H58. The third-order valence-corrected chi connectivity index (χ3v) is 10.8. The lowest BCUT2D eigenvalue weighted by molar-refractivity contribution is 0.140. The van der Waals surface area contributed by atoms with E-state index in [4.69, 9.17) is 0 Å². The van der Waals surface area contributed by atoms with Crippen molar-refractivity contribution >= 4 is 0 Å². The molecule has 1 aromatic carbocycles. The summed E-state index contributed by atoms with van der Waals surface area (Å²) in [4.78, 5) is 0. The monoisotopic (exact) mass is 478 g/mol. The molecule has 0 amide bonds. The number of hydrogen-bond donors (Lipinski definition) is 0. The van der Waals surface area contributed by atoms with Crippen molar-refractivity contribution in [3.8, 4) is 0 Å². The van der Waals surface area contributed by atoms with Crippen molar-refractivity contribution in [2.24, 2.45) is 29.6 Å². The second-order valence-corrected chi connectivity index (χ2v) is 13.2. The highest BCUT2D eigenvalue weighted by molar-refractivity contribution is 5.26. The predicted octanol–water partition coefficient (Wildman–Crippen LogP) is 11.3. The molecule has 0 heteroatoms. The zero-order chi connectivity index (χ0) is 24.3. The van der Waals surface area contributed by atoms with Gasteiger partial charge in [0.05, 0.1) is 0 Å². The number of rotatable bonds is 12. The largest absolute Gasteiger partial charge is 0.0654 e. The summed E-state index contributed by atoms with van der Waals surface area (Å²) in [5, 5.41) is 0. The second-order valence-electron chi connectivity index (χ2n) is 13.2. The van der Waals surface area contributed by atoms with Gasteiger partial charge < -0.3 is 0 Å². The fraction of sp³-hybridized carbons (Fsp3) is 0.829. The van der Waals surface area contributed by atoms with Gasteiger partial charge in [-0.3, -0.25) is 0 Å². The lowest BCUT2D eigenvalue weighted by atomic mass is 9.68. The van der Waals surface area contributed by atoms with Crippen molar-refractivity contribution in [3.63, 3.8) is 0 Å². The molecule has 35 heavy (non-hydrogen) atoms. The smallest absolute Gasteiger partial charge is 0.0162 e. The van der Waals surface area contributed by atoms with E-state index in [-0.39, 0.29) is 0 Å². The summed E-state index contributed by atoms with van der Waals surface area (Å²) in [5.41, 5.74) is 3.22. The van der Waals surface area contributed by atoms with Gasteiger partial charge in [-0.05, 0) is 111 Å². The highest BCUT2D eigenvalue weighted by Crippen LogP contribution is 2.43. The number of unbranched alkanes of at least 4 members (excludes halogenated alkanes) is 3. The van der Waals surface area contributed by atoms with Gasteiger partial charge in [-0.15, -0.1) is 0 Å². The summed E-state index contributed by atoms with van der Waals surface area (Å²) >= 11 is 0. The Kier molecular flexibility index (Phi) is 11.6. The van der Waals surface area contributed by atoms with Crippen molar-refractivity contribution < 1.29 is 0 Å². The first-order valence-corrected chi connectivity index (χ1v) is 16.3. The summed E-state index contributed by atoms with van der Waals surface area (Å²) in [6.07, 6.45) is 31.0. The summed E-state index contributed by atoms with van der Waals surface area (Å²) in [6, 6.07) is 9.93. The molecule has 0 N–H and O–H groups in total. The van der Waals surface area contributed by atoms with Crippen molar-refractivity contribution in [2.45, 2.75) is 155 Å². The standard InChI is InChI=1S/C35H58/c1-3-5-7-9-29-14-22-33(23-15-29)35-26-18-31(19-27-35)11-10-30-16-24-34(25-17-30)32-20-12-28(13-21-32)8-6-4-2/h16-17,24-25,28-29,31-33,35H,3-15,18-23,26-27H2,1-2H3. The summed E-state index contributed by atoms with van der Waals surface area (Å²) < 4.78 is 0. The predicted molar refractivity (Wildman–Crippen MR) is 154 cm³/mol. The molecule has 3 fully saturated rings. The normalized spacial score (nSPS) is 31.9. The molecule has 4 rings (SSSR count). The van der Waals surface area contributed by atoms with E-state index in [9.17, 15) is 0 Å². The van der Waals surface area contributed by atoms with E-state index in [1.54, 1.807) is 36.8 Å². The first-order valence-electron chi connectivity index (χ1n) is 16.3. The molecule has 0 saturated heterocycles. The van der Waals surface area contributed by atoms with Gasteiger partial charge in [-0.25, -0.2) is 0 Å². The second kappa shape index (κ2) is 14.8. The Hall–Kier alpha value is -0.780. The van der Waals surface area contributed by atoms with E-state index in [1.807, 2.05) is 0 Å². The van der Waals surface area contributed by atoms with Crippen LogP contribution in [-0.2, 0) is 6.42 Å². The highest BCUT2D eigenvalue weighted by atomic mass is 14.4. The van der Waals surface area contributed by atoms with Gasteiger partial charge >= 0.3 is 0 Å². The van der Waals surface area contributed by atoms with Crippen LogP contribution in [0, 0.1) is 29.6 Å². The number of benzene rings is 1. The van der Waals surface area contributed by atoms with Crippen LogP contribution in [0.25, 0.3) is 0 Å². The van der Waals surface area contributed by atoms with Gasteiger partial charge in [0.15, 0.2) is 0 Å². The third-order valence-electron chi connectivity index (χ3n) is 10.8. The molecule has 0 heterocycles. The minimum atomic E-state index is 0.837. The van der Waals surface area contributed by atoms with Gasteiger partial charge in [-0.1, -0.05) is 109 Å². The minimum absolute atomic E-state index is 0.837. The zero-order valence-corrected chi connectivity index (χ0v) is 23.6. The maximum Gasteiger partial charge on any atom is -0.0162 e. The van der Waals surface area contributed by atoms with Crippen LogP contribution in [0.3, 0.4) is 0 Å². The SMILES string of the molecule is CCCCCC1CCC(C2CCC(CCc3ccc(C4CCC(CCCC)CC4)cc3)CC2)CC1. The molecule has 0 bridgehead atoms. The van der Waals surface area contributed by atoms with Gasteiger partial charge in [0.2, 0.25) is 0 Å². The Morgan fingerprint density at radius 3 is 1.54 bits per heavy atom. The molecule has 0 aliphatic heterocycles. The van der Waals surface area contributed by atoms with E-state index >= 15 is 0 Å². The fourth-order valence-corrected chi connectivity index (χ4v) is 8.18. The van der Waals surface area contributed by atoms with Crippen LogP contribution in [0.4, 0.5) is 0 Å². The third kappa shape index (κ3) is 8.64. The Balaban J connectivity index is 1.11. The molecule has 0 spiro atoms. The molecule has 3 aliphatic carbocycles. The van der Waals surface area contributed by atoms with E-state index in [1.165, 1.54) is 109 Å². The Labute approximate surface area is 219 Å². The lowest BCUT2D eigenvalue weighted by Crippen LogP contribution is -2.26. The summed E-state index contributed by atoms with van der Waals surface area (Å²) in [6.45, 7) is 4.67. The molecule has 3 saturated carbocycles. The van der Waals surface area contributed by atoms with Crippen LogP contribution in [0.15, 0.2) is 24.3 Å². The summed E-state index contributed by atoms with van der Waals surface area (Å²) in [5.74, 6) is 6.07. The van der Waals surface area contributed by atoms with Crippen molar-refractivity contribution in [1.29, 1.82) is 0 Å². The van der Waals surface area contributed by atoms with Crippen LogP contribution in [0.1, 0.15) is 159 Å². The first-order chi connectivity index (χ1) is 17.2. The molecule has 0 unspecified atom stereocenters. The van der Waals surface area contributed by atoms with E-state index in [2.05, 4.69) is 38.1 Å². The number of aryl methyl sites for hydroxylation is 1. The van der Waals surface area contributed by atoms with Crippen LogP contribution >= 0.6 is 0 Å². The zero-order valence-electron chi connectivity index (χ0n) is 23.6. The van der Waals surface area contributed by atoms with E-state index in [0.29, 0.717) is 0 Å². The Morgan fingerprint density at radius 1 is 0.514 bits per heavy atom. The lowest BCUT2D eigenvalue weighted by Gasteiger charge is -2.38. The van der Waals surface area contributed by atoms with E-state index < -0.39 is 0 Å². The van der Waals surface area contributed by atoms with Crippen LogP contribution in [0.5, 0.6) is 0 Å². The molecule has 0 nitrogen and oxygen atoms in total. The topological polar surface area (TPSA) is 0 Å². The maximum absolute atomic E-state index is 2.49. The van der Waals surface area contributed by atoms with Gasteiger partial charge in [0.1, 0.15) is 0 Å². The van der Waals surface area contributed by atoms with Gasteiger partial charge in [0, 0.05) is 0 Å². The molecular weight excluding hydrogens is 420 g/mol.